The highest BCUT2D eigenvalue weighted by atomic mass is 16.3. The van der Waals surface area contributed by atoms with E-state index in [1.54, 1.807) is 0 Å². The van der Waals surface area contributed by atoms with E-state index >= 15 is 0 Å². The first-order valence-corrected chi connectivity index (χ1v) is 46.2. The fourth-order valence-corrected chi connectivity index (χ4v) is 18.3. The van der Waals surface area contributed by atoms with Crippen molar-refractivity contribution >= 4 is 131 Å². The van der Waals surface area contributed by atoms with E-state index in [0.29, 0.717) is 69.9 Å². The molecular formula is C124H76N12O4. The van der Waals surface area contributed by atoms with Crippen molar-refractivity contribution in [3.63, 3.8) is 0 Å². The third kappa shape index (κ3) is 16.2. The van der Waals surface area contributed by atoms with Gasteiger partial charge >= 0.3 is 0 Å². The van der Waals surface area contributed by atoms with E-state index in [9.17, 15) is 0 Å². The lowest BCUT2D eigenvalue weighted by molar-refractivity contribution is 0.669. The smallest absolute Gasteiger partial charge is 0.164 e. The van der Waals surface area contributed by atoms with Crippen LogP contribution in [-0.2, 0) is 0 Å². The van der Waals surface area contributed by atoms with Crippen LogP contribution in [0.5, 0.6) is 0 Å². The van der Waals surface area contributed by atoms with Crippen LogP contribution >= 0.6 is 0 Å². The number of rotatable bonds is 12. The predicted octanol–water partition coefficient (Wildman–Crippen LogP) is 31.7. The van der Waals surface area contributed by atoms with Gasteiger partial charge in [0.25, 0.3) is 0 Å². The number of fused-ring (bicyclic) bond motifs is 16. The third-order valence-electron chi connectivity index (χ3n) is 25.2. The molecule has 0 atom stereocenters. The molecule has 0 aliphatic heterocycles. The number of furan rings is 4. The Balaban J connectivity index is 0.0000000985. The Labute approximate surface area is 800 Å². The molecule has 0 amide bonds. The summed E-state index contributed by atoms with van der Waals surface area (Å²) in [4.78, 5) is 58.4. The van der Waals surface area contributed by atoms with E-state index in [4.69, 9.17) is 77.5 Å². The zero-order valence-electron chi connectivity index (χ0n) is 74.9. The summed E-state index contributed by atoms with van der Waals surface area (Å²) in [5.41, 5.74) is 18.5. The van der Waals surface area contributed by atoms with Gasteiger partial charge in [-0.2, -0.15) is 0 Å². The van der Waals surface area contributed by atoms with Crippen molar-refractivity contribution in [1.82, 2.24) is 59.8 Å². The minimum atomic E-state index is 0.638. The first kappa shape index (κ1) is 82.6. The molecule has 656 valence electrons. The number of hydrogen-bond acceptors (Lipinski definition) is 16. The SMILES string of the molecule is c1ccc(-c2nc(-c3ccccc3)nc(-c3ccc4cc5c(cc4c3)oc3ccccc35)n2)cc1.c1ccc(-c2nc(-c3ccccc3)nc(-c3ccc4cc5oc6ccccc6c5cc4c3)n2)cc1.c1ccc(-c2nc(-c3ccccc3)nc(-c3cccc4cc5c(cc34)oc3ccccc35)n2)cc1.c1ccc(-c2nc(-c3ccccc3)nc(-c3cccc4cc5oc6ccccc6c5cc34)n2)cc1. The van der Waals surface area contributed by atoms with Crippen LogP contribution in [0, 0.1) is 0 Å². The van der Waals surface area contributed by atoms with Crippen molar-refractivity contribution < 1.29 is 17.7 Å². The van der Waals surface area contributed by atoms with Gasteiger partial charge in [0.05, 0.1) is 0 Å². The highest BCUT2D eigenvalue weighted by Crippen LogP contribution is 2.43. The molecule has 0 saturated carbocycles. The first-order valence-electron chi connectivity index (χ1n) is 46.2. The van der Waals surface area contributed by atoms with E-state index in [0.717, 1.165) is 198 Å². The molecule has 20 aromatic carbocycles. The fourth-order valence-electron chi connectivity index (χ4n) is 18.3. The van der Waals surface area contributed by atoms with Crippen molar-refractivity contribution in [3.05, 3.63) is 461 Å². The molecule has 0 spiro atoms. The Morgan fingerprint density at radius 1 is 0.107 bits per heavy atom. The van der Waals surface area contributed by atoms with Crippen LogP contribution in [0.2, 0.25) is 0 Å². The maximum atomic E-state index is 6.18. The monoisotopic (exact) mass is 1800 g/mol. The summed E-state index contributed by atoms with van der Waals surface area (Å²) in [6, 6.07) is 155. The highest BCUT2D eigenvalue weighted by Gasteiger charge is 2.23. The molecule has 28 aromatic rings. The molecule has 16 heteroatoms. The van der Waals surface area contributed by atoms with Gasteiger partial charge in [-0.15, -0.1) is 0 Å². The lowest BCUT2D eigenvalue weighted by Crippen LogP contribution is -2.00. The van der Waals surface area contributed by atoms with Crippen molar-refractivity contribution in [1.29, 1.82) is 0 Å². The lowest BCUT2D eigenvalue weighted by atomic mass is 10.0. The van der Waals surface area contributed by atoms with Gasteiger partial charge in [-0.05, 0) is 128 Å². The molecule has 8 aromatic heterocycles. The van der Waals surface area contributed by atoms with E-state index < -0.39 is 0 Å². The quantitative estimate of drug-likeness (QED) is 0.111. The van der Waals surface area contributed by atoms with Gasteiger partial charge in [0.15, 0.2) is 69.9 Å². The van der Waals surface area contributed by atoms with Crippen LogP contribution < -0.4 is 0 Å². The lowest BCUT2D eigenvalue weighted by Gasteiger charge is -2.10. The van der Waals surface area contributed by atoms with Gasteiger partial charge in [0.1, 0.15) is 44.7 Å². The summed E-state index contributed by atoms with van der Waals surface area (Å²) >= 11 is 0. The van der Waals surface area contributed by atoms with E-state index in [2.05, 4.69) is 140 Å². The summed E-state index contributed by atoms with van der Waals surface area (Å²) in [6.45, 7) is 0. The molecular weight excluding hydrogens is 1720 g/mol. The van der Waals surface area contributed by atoms with Crippen molar-refractivity contribution in [2.45, 2.75) is 0 Å². The van der Waals surface area contributed by atoms with Crippen LogP contribution in [0.15, 0.2) is 479 Å². The Morgan fingerprint density at radius 3 is 0.636 bits per heavy atom. The van der Waals surface area contributed by atoms with Crippen LogP contribution in [0.4, 0.5) is 0 Å². The Kier molecular flexibility index (Phi) is 21.2. The Morgan fingerprint density at radius 2 is 0.321 bits per heavy atom. The largest absolute Gasteiger partial charge is 0.456 e. The molecule has 140 heavy (non-hydrogen) atoms. The van der Waals surface area contributed by atoms with Gasteiger partial charge in [0, 0.05) is 110 Å². The van der Waals surface area contributed by atoms with Gasteiger partial charge in [0.2, 0.25) is 0 Å². The summed E-state index contributed by atoms with van der Waals surface area (Å²) in [7, 11) is 0. The van der Waals surface area contributed by atoms with E-state index in [-0.39, 0.29) is 0 Å². The molecule has 8 heterocycles. The molecule has 0 unspecified atom stereocenters. The molecule has 0 bridgehead atoms. The summed E-state index contributed by atoms with van der Waals surface area (Å²) < 4.78 is 24.5. The molecule has 0 N–H and O–H groups in total. The van der Waals surface area contributed by atoms with Crippen LogP contribution in [0.1, 0.15) is 0 Å². The molecule has 28 rings (SSSR count). The first-order chi connectivity index (χ1) is 69.3. The molecule has 0 aliphatic rings. The Hall–Kier alpha value is -19.3. The zero-order chi connectivity index (χ0) is 92.8. The molecule has 0 aliphatic carbocycles. The summed E-state index contributed by atoms with van der Waals surface area (Å²) in [5, 5.41) is 17.7. The van der Waals surface area contributed by atoms with Gasteiger partial charge in [-0.25, -0.2) is 59.8 Å². The zero-order valence-corrected chi connectivity index (χ0v) is 74.9. The minimum absolute atomic E-state index is 0.638. The molecule has 0 fully saturated rings. The number of hydrogen-bond donors (Lipinski definition) is 0. The predicted molar refractivity (Wildman–Crippen MR) is 564 cm³/mol. The maximum Gasteiger partial charge on any atom is 0.164 e. The normalized spacial score (nSPS) is 11.4. The molecule has 16 nitrogen and oxygen atoms in total. The van der Waals surface area contributed by atoms with Crippen LogP contribution in [-0.4, -0.2) is 59.8 Å². The van der Waals surface area contributed by atoms with Crippen LogP contribution in [0.3, 0.4) is 0 Å². The topological polar surface area (TPSA) is 207 Å². The standard InChI is InChI=1S/4C31H19N3O/c1-3-10-20(11-4-1)29-32-30(21-12-5-2-6-13-21)34-31(33-29)24-16-9-14-22-18-28-26(19-25(22)24)23-15-7-8-17-27(23)35-28;1-3-10-20(11-4-1)29-32-30(21-12-5-2-6-13-21)34-31(33-29)24-16-9-14-22-18-26-23-15-7-8-17-27(23)35-28(26)19-25(22)24;1-3-9-20(10-4-1)29-32-30(21-11-5-2-6-12-21)34-31(33-29)23-16-15-22-19-28-26(18-24(22)17-23)25-13-7-8-14-27(25)35-28;1-3-9-20(10-4-1)29-32-30(21-11-5-2-6-12-21)34-31(33-29)23-16-15-22-18-26-25-13-7-8-14-27(25)35-28(26)19-24(22)17-23/h4*1-19H. The summed E-state index contributed by atoms with van der Waals surface area (Å²) in [6.07, 6.45) is 0. The number of aromatic nitrogens is 12. The second-order valence-electron chi connectivity index (χ2n) is 34.1. The molecule has 0 saturated heterocycles. The minimum Gasteiger partial charge on any atom is -0.456 e. The number of nitrogens with zero attached hydrogens (tertiary/aromatic N) is 12. The third-order valence-corrected chi connectivity index (χ3v) is 25.2. The van der Waals surface area contributed by atoms with Crippen LogP contribution in [0.25, 0.3) is 267 Å². The Bertz CT molecular complexity index is 9290. The van der Waals surface area contributed by atoms with Crippen molar-refractivity contribution in [2.24, 2.45) is 0 Å². The second kappa shape index (κ2) is 35.9. The number of benzene rings is 20. The van der Waals surface area contributed by atoms with Gasteiger partial charge in [-0.1, -0.05) is 376 Å². The van der Waals surface area contributed by atoms with Crippen molar-refractivity contribution in [2.75, 3.05) is 0 Å². The average molecular weight is 1800 g/mol. The highest BCUT2D eigenvalue weighted by molar-refractivity contribution is 6.16. The van der Waals surface area contributed by atoms with Gasteiger partial charge < -0.3 is 17.7 Å². The average Bonchev–Trinajstić information content (AvgIpc) is 1.56. The van der Waals surface area contributed by atoms with E-state index in [1.165, 1.54) is 0 Å². The van der Waals surface area contributed by atoms with E-state index in [1.807, 2.05) is 322 Å². The summed E-state index contributed by atoms with van der Waals surface area (Å²) in [5.74, 6) is 7.81. The molecule has 0 radical (unpaired) electrons. The van der Waals surface area contributed by atoms with Gasteiger partial charge in [-0.3, -0.25) is 0 Å². The van der Waals surface area contributed by atoms with Crippen molar-refractivity contribution in [3.8, 4) is 137 Å². The fraction of sp³-hybridized carbons (Fsp3) is 0. The number of para-hydroxylation sites is 4. The maximum absolute atomic E-state index is 6.18. The second-order valence-corrected chi connectivity index (χ2v) is 34.1.